The predicted molar refractivity (Wildman–Crippen MR) is 107 cm³/mol. The van der Waals surface area contributed by atoms with Crippen molar-refractivity contribution in [3.8, 4) is 17.1 Å². The van der Waals surface area contributed by atoms with Crippen LogP contribution in [0.3, 0.4) is 0 Å². The van der Waals surface area contributed by atoms with E-state index in [1.807, 2.05) is 0 Å². The van der Waals surface area contributed by atoms with E-state index in [0.717, 1.165) is 17.7 Å². The van der Waals surface area contributed by atoms with Gasteiger partial charge in [-0.1, -0.05) is 23.7 Å². The molecule has 1 heterocycles. The normalized spacial score (nSPS) is 11.6. The minimum Gasteiger partial charge on any atom is -0.483 e. The fraction of sp³-hybridized carbons (Fsp3) is 0.143. The maximum atomic E-state index is 12.8. The smallest absolute Gasteiger partial charge is 0.416 e. The summed E-state index contributed by atoms with van der Waals surface area (Å²) in [5, 5.41) is 4.32. The number of amides is 1. The number of halogens is 4. The molecule has 0 radical (unpaired) electrons. The Labute approximate surface area is 175 Å². The van der Waals surface area contributed by atoms with Crippen LogP contribution in [0.4, 0.5) is 13.2 Å². The van der Waals surface area contributed by atoms with Crippen molar-refractivity contribution in [1.29, 1.82) is 0 Å². The van der Waals surface area contributed by atoms with Crippen molar-refractivity contribution in [1.82, 2.24) is 5.43 Å². The second kappa shape index (κ2) is 9.04. The highest BCUT2D eigenvalue weighted by atomic mass is 35.5. The molecule has 0 spiro atoms. The van der Waals surface area contributed by atoms with Gasteiger partial charge in [0, 0.05) is 10.6 Å². The molecule has 0 saturated heterocycles. The second-order valence-corrected chi connectivity index (χ2v) is 6.71. The maximum Gasteiger partial charge on any atom is 0.416 e. The third kappa shape index (κ3) is 5.64. The average Bonchev–Trinajstić information content (AvgIpc) is 3.16. The number of aryl methyl sites for hydroxylation is 1. The topological polar surface area (TPSA) is 63.8 Å². The van der Waals surface area contributed by atoms with Crippen LogP contribution >= 0.6 is 11.6 Å². The molecule has 0 fully saturated rings. The van der Waals surface area contributed by atoms with Crippen LogP contribution in [0.5, 0.6) is 5.75 Å². The molecule has 0 aliphatic carbocycles. The van der Waals surface area contributed by atoms with Gasteiger partial charge < -0.3 is 9.15 Å². The number of furan rings is 1. The van der Waals surface area contributed by atoms with Crippen molar-refractivity contribution in [2.45, 2.75) is 13.1 Å². The van der Waals surface area contributed by atoms with E-state index >= 15 is 0 Å². The van der Waals surface area contributed by atoms with Gasteiger partial charge in [0.1, 0.15) is 17.3 Å². The number of nitrogens with one attached hydrogen (secondary N) is 1. The molecule has 156 valence electrons. The van der Waals surface area contributed by atoms with Gasteiger partial charge in [-0.3, -0.25) is 4.79 Å². The van der Waals surface area contributed by atoms with Gasteiger partial charge in [0.15, 0.2) is 6.61 Å². The minimum absolute atomic E-state index is 0.246. The third-order valence-corrected chi connectivity index (χ3v) is 4.21. The number of carbonyl (C=O) groups excluding carboxylic acids is 1. The number of alkyl halides is 3. The highest BCUT2D eigenvalue weighted by Crippen LogP contribution is 2.32. The number of hydrazone groups is 1. The van der Waals surface area contributed by atoms with E-state index in [9.17, 15) is 18.0 Å². The van der Waals surface area contributed by atoms with Gasteiger partial charge in [-0.2, -0.15) is 18.3 Å². The zero-order valence-corrected chi connectivity index (χ0v) is 16.4. The van der Waals surface area contributed by atoms with Crippen LogP contribution in [0.25, 0.3) is 11.3 Å². The summed E-state index contributed by atoms with van der Waals surface area (Å²) in [4.78, 5) is 11.8. The largest absolute Gasteiger partial charge is 0.483 e. The van der Waals surface area contributed by atoms with E-state index < -0.39 is 17.6 Å². The van der Waals surface area contributed by atoms with Gasteiger partial charge in [0.05, 0.1) is 11.8 Å². The summed E-state index contributed by atoms with van der Waals surface area (Å²) in [7, 11) is 0. The zero-order valence-electron chi connectivity index (χ0n) is 15.7. The van der Waals surface area contributed by atoms with Crippen LogP contribution in [0.15, 0.2) is 64.1 Å². The van der Waals surface area contributed by atoms with E-state index in [1.165, 1.54) is 30.5 Å². The number of hydrogen-bond acceptors (Lipinski definition) is 4. The van der Waals surface area contributed by atoms with Gasteiger partial charge in [-0.15, -0.1) is 0 Å². The van der Waals surface area contributed by atoms with Crippen LogP contribution in [-0.2, 0) is 11.0 Å². The number of nitrogens with zero attached hydrogens (tertiary/aromatic N) is 1. The molecule has 30 heavy (non-hydrogen) atoms. The van der Waals surface area contributed by atoms with E-state index in [2.05, 4.69) is 10.5 Å². The number of carbonyl (C=O) groups is 1. The molecule has 2 aromatic carbocycles. The summed E-state index contributed by atoms with van der Waals surface area (Å²) in [6, 6.07) is 12.9. The number of benzene rings is 2. The first kappa shape index (κ1) is 21.4. The average molecular weight is 437 g/mol. The first-order chi connectivity index (χ1) is 14.2. The minimum atomic E-state index is -4.44. The van der Waals surface area contributed by atoms with Gasteiger partial charge in [0.25, 0.3) is 5.91 Å². The van der Waals surface area contributed by atoms with Gasteiger partial charge in [0.2, 0.25) is 0 Å². The zero-order chi connectivity index (χ0) is 21.7. The highest BCUT2D eigenvalue weighted by Gasteiger charge is 2.30. The Morgan fingerprint density at radius 2 is 2.00 bits per heavy atom. The lowest BCUT2D eigenvalue weighted by molar-refractivity contribution is -0.137. The number of rotatable bonds is 6. The first-order valence-electron chi connectivity index (χ1n) is 8.71. The predicted octanol–water partition coefficient (Wildman–Crippen LogP) is 5.46. The van der Waals surface area contributed by atoms with Crippen LogP contribution in [0.2, 0.25) is 5.02 Å². The monoisotopic (exact) mass is 436 g/mol. The van der Waals surface area contributed by atoms with Crippen molar-refractivity contribution < 1.29 is 27.1 Å². The molecular formula is C21H16ClF3N2O3. The van der Waals surface area contributed by atoms with Crippen LogP contribution < -0.4 is 10.2 Å². The summed E-state index contributed by atoms with van der Waals surface area (Å²) >= 11 is 5.86. The van der Waals surface area contributed by atoms with Crippen molar-refractivity contribution in [2.75, 3.05) is 6.61 Å². The van der Waals surface area contributed by atoms with Crippen molar-refractivity contribution in [2.24, 2.45) is 5.10 Å². The molecule has 0 unspecified atom stereocenters. The Bertz CT molecular complexity index is 1080. The Balaban J connectivity index is 1.56. The molecule has 0 aliphatic rings. The SMILES string of the molecule is Cc1cc(Cl)ccc1OCC(=O)NN=Cc1ccc(-c2cccc(C(F)(F)F)c2)o1. The second-order valence-electron chi connectivity index (χ2n) is 6.27. The Morgan fingerprint density at radius 1 is 1.20 bits per heavy atom. The summed E-state index contributed by atoms with van der Waals surface area (Å²) in [5.41, 5.74) is 2.58. The number of ether oxygens (including phenoxy) is 1. The van der Waals surface area contributed by atoms with Crippen LogP contribution in [0, 0.1) is 6.92 Å². The molecule has 0 saturated carbocycles. The molecule has 0 bridgehead atoms. The third-order valence-electron chi connectivity index (χ3n) is 3.98. The lowest BCUT2D eigenvalue weighted by Crippen LogP contribution is -2.24. The maximum absolute atomic E-state index is 12.8. The van der Waals surface area contributed by atoms with Crippen molar-refractivity contribution in [3.05, 3.63) is 76.5 Å². The first-order valence-corrected chi connectivity index (χ1v) is 9.08. The summed E-state index contributed by atoms with van der Waals surface area (Å²) < 4.78 is 49.4. The highest BCUT2D eigenvalue weighted by molar-refractivity contribution is 6.30. The molecule has 0 aliphatic heterocycles. The fourth-order valence-electron chi connectivity index (χ4n) is 2.54. The molecule has 1 N–H and O–H groups in total. The Hall–Kier alpha value is -3.26. The van der Waals surface area contributed by atoms with Gasteiger partial charge >= 0.3 is 6.18 Å². The quantitative estimate of drug-likeness (QED) is 0.412. The molecule has 1 amide bonds. The van der Waals surface area contributed by atoms with Crippen molar-refractivity contribution >= 4 is 23.7 Å². The summed E-state index contributed by atoms with van der Waals surface area (Å²) in [6.07, 6.45) is -3.20. The molecular weight excluding hydrogens is 421 g/mol. The van der Waals surface area contributed by atoms with Crippen LogP contribution in [-0.4, -0.2) is 18.7 Å². The molecule has 0 atom stereocenters. The fourth-order valence-corrected chi connectivity index (χ4v) is 2.77. The Morgan fingerprint density at radius 3 is 2.73 bits per heavy atom. The van der Waals surface area contributed by atoms with E-state index in [0.29, 0.717) is 10.8 Å². The molecule has 5 nitrogen and oxygen atoms in total. The summed E-state index contributed by atoms with van der Waals surface area (Å²) in [5.74, 6) is 0.535. The van der Waals surface area contributed by atoms with Gasteiger partial charge in [-0.05, 0) is 55.0 Å². The molecule has 1 aromatic heterocycles. The standard InChI is InChI=1S/C21H16ClF3N2O3/c1-13-9-16(22)5-7-18(13)29-12-20(28)27-26-11-17-6-8-19(30-17)14-3-2-4-15(10-14)21(23,24)25/h2-11H,12H2,1H3,(H,27,28). The van der Waals surface area contributed by atoms with E-state index in [-0.39, 0.29) is 23.7 Å². The van der Waals surface area contributed by atoms with Gasteiger partial charge in [-0.25, -0.2) is 5.43 Å². The molecule has 3 rings (SSSR count). The van der Waals surface area contributed by atoms with Crippen molar-refractivity contribution in [3.63, 3.8) is 0 Å². The number of hydrogen-bond donors (Lipinski definition) is 1. The molecule has 9 heteroatoms. The lowest BCUT2D eigenvalue weighted by atomic mass is 10.1. The molecule has 3 aromatic rings. The van der Waals surface area contributed by atoms with E-state index in [1.54, 1.807) is 25.1 Å². The van der Waals surface area contributed by atoms with Crippen LogP contribution in [0.1, 0.15) is 16.9 Å². The van der Waals surface area contributed by atoms with E-state index in [4.69, 9.17) is 20.8 Å². The Kier molecular flexibility index (Phi) is 6.47. The lowest BCUT2D eigenvalue weighted by Gasteiger charge is -2.08. The summed E-state index contributed by atoms with van der Waals surface area (Å²) in [6.45, 7) is 1.55.